The highest BCUT2D eigenvalue weighted by molar-refractivity contribution is 5.77. The van der Waals surface area contributed by atoms with Crippen LogP contribution < -0.4 is 0 Å². The first-order valence-electron chi connectivity index (χ1n) is 6.24. The summed E-state index contributed by atoms with van der Waals surface area (Å²) in [6.45, 7) is 0.460. The average molecular weight is 262 g/mol. The Balaban J connectivity index is 1.78. The van der Waals surface area contributed by atoms with E-state index >= 15 is 0 Å². The molecular formula is C17H14N2O. The van der Waals surface area contributed by atoms with Gasteiger partial charge < -0.3 is 4.84 Å². The summed E-state index contributed by atoms with van der Waals surface area (Å²) in [6.07, 6.45) is 5.30. The van der Waals surface area contributed by atoms with Gasteiger partial charge in [0.05, 0.1) is 17.8 Å². The van der Waals surface area contributed by atoms with E-state index in [0.717, 1.165) is 11.1 Å². The molecule has 0 radical (unpaired) electrons. The van der Waals surface area contributed by atoms with Crippen molar-refractivity contribution in [3.63, 3.8) is 0 Å². The Morgan fingerprint density at radius 1 is 1.05 bits per heavy atom. The van der Waals surface area contributed by atoms with Crippen LogP contribution in [0, 0.1) is 11.3 Å². The van der Waals surface area contributed by atoms with Crippen LogP contribution in [0.5, 0.6) is 0 Å². The molecule has 0 fully saturated rings. The van der Waals surface area contributed by atoms with Gasteiger partial charge in [0.1, 0.15) is 6.61 Å². The zero-order valence-corrected chi connectivity index (χ0v) is 10.9. The minimum absolute atomic E-state index is 0.460. The van der Waals surface area contributed by atoms with Gasteiger partial charge in [0, 0.05) is 0 Å². The molecule has 0 aromatic heterocycles. The van der Waals surface area contributed by atoms with Crippen LogP contribution in [0.2, 0.25) is 0 Å². The highest BCUT2D eigenvalue weighted by atomic mass is 16.6. The van der Waals surface area contributed by atoms with Crippen molar-refractivity contribution in [1.82, 2.24) is 0 Å². The maximum atomic E-state index is 8.69. The average Bonchev–Trinajstić information content (AvgIpc) is 2.52. The van der Waals surface area contributed by atoms with Crippen LogP contribution in [0.15, 0.2) is 65.8 Å². The highest BCUT2D eigenvalue weighted by Crippen LogP contribution is 2.04. The normalized spacial score (nSPS) is 10.8. The second-order valence-electron chi connectivity index (χ2n) is 4.11. The molecule has 3 nitrogen and oxygen atoms in total. The third-order valence-corrected chi connectivity index (χ3v) is 2.62. The topological polar surface area (TPSA) is 45.4 Å². The standard InChI is InChI=1S/C17H14N2O/c18-13-16-10-8-15(9-11-16)7-4-12-19-20-14-17-5-2-1-3-6-17/h1-12H,14H2/b7-4+,19-12+. The summed E-state index contributed by atoms with van der Waals surface area (Å²) < 4.78 is 0. The van der Waals surface area contributed by atoms with Gasteiger partial charge in [-0.15, -0.1) is 0 Å². The lowest BCUT2D eigenvalue weighted by atomic mass is 10.1. The number of hydrogen-bond donors (Lipinski definition) is 0. The lowest BCUT2D eigenvalue weighted by molar-refractivity contribution is 0.132. The van der Waals surface area contributed by atoms with Crippen molar-refractivity contribution in [2.24, 2.45) is 5.16 Å². The van der Waals surface area contributed by atoms with Gasteiger partial charge in [-0.1, -0.05) is 53.7 Å². The molecule has 20 heavy (non-hydrogen) atoms. The molecule has 0 spiro atoms. The molecule has 3 heteroatoms. The van der Waals surface area contributed by atoms with Crippen LogP contribution in [0.25, 0.3) is 6.08 Å². The van der Waals surface area contributed by atoms with Crippen molar-refractivity contribution in [2.75, 3.05) is 0 Å². The fourth-order valence-electron chi connectivity index (χ4n) is 1.59. The first kappa shape index (κ1) is 13.6. The van der Waals surface area contributed by atoms with Crippen LogP contribution in [-0.4, -0.2) is 6.21 Å². The van der Waals surface area contributed by atoms with E-state index < -0.39 is 0 Å². The zero-order chi connectivity index (χ0) is 14.0. The van der Waals surface area contributed by atoms with E-state index in [1.807, 2.05) is 48.5 Å². The van der Waals surface area contributed by atoms with E-state index in [9.17, 15) is 0 Å². The van der Waals surface area contributed by atoms with E-state index in [4.69, 9.17) is 10.1 Å². The van der Waals surface area contributed by atoms with Gasteiger partial charge in [0.2, 0.25) is 0 Å². The highest BCUT2D eigenvalue weighted by Gasteiger charge is 1.89. The van der Waals surface area contributed by atoms with Crippen LogP contribution >= 0.6 is 0 Å². The quantitative estimate of drug-likeness (QED) is 0.608. The molecule has 0 aliphatic carbocycles. The predicted octanol–water partition coefficient (Wildman–Crippen LogP) is 3.77. The van der Waals surface area contributed by atoms with E-state index in [1.54, 1.807) is 24.4 Å². The third-order valence-electron chi connectivity index (χ3n) is 2.62. The maximum absolute atomic E-state index is 8.69. The monoisotopic (exact) mass is 262 g/mol. The van der Waals surface area contributed by atoms with E-state index in [2.05, 4.69) is 11.2 Å². The van der Waals surface area contributed by atoms with Gasteiger partial charge in [-0.05, 0) is 29.3 Å². The maximum Gasteiger partial charge on any atom is 0.142 e. The minimum Gasteiger partial charge on any atom is -0.391 e. The first-order chi connectivity index (χ1) is 9.88. The molecule has 0 unspecified atom stereocenters. The molecule has 0 saturated carbocycles. The van der Waals surface area contributed by atoms with Crippen molar-refractivity contribution in [3.8, 4) is 6.07 Å². The third kappa shape index (κ3) is 4.43. The zero-order valence-electron chi connectivity index (χ0n) is 10.9. The van der Waals surface area contributed by atoms with Gasteiger partial charge in [0.25, 0.3) is 0 Å². The van der Waals surface area contributed by atoms with Gasteiger partial charge in [0.15, 0.2) is 0 Å². The summed E-state index contributed by atoms with van der Waals surface area (Å²) in [7, 11) is 0. The van der Waals surface area contributed by atoms with Gasteiger partial charge in [-0.3, -0.25) is 0 Å². The molecule has 2 aromatic carbocycles. The Kier molecular flexibility index (Phi) is 5.12. The van der Waals surface area contributed by atoms with Gasteiger partial charge in [-0.25, -0.2) is 0 Å². The number of benzene rings is 2. The summed E-state index contributed by atoms with van der Waals surface area (Å²) in [5.74, 6) is 0. The molecule has 0 aliphatic heterocycles. The Morgan fingerprint density at radius 3 is 2.50 bits per heavy atom. The van der Waals surface area contributed by atoms with Crippen molar-refractivity contribution in [1.29, 1.82) is 5.26 Å². The summed E-state index contributed by atoms with van der Waals surface area (Å²) >= 11 is 0. The number of rotatable bonds is 5. The summed E-state index contributed by atoms with van der Waals surface area (Å²) in [5.41, 5.74) is 2.75. The molecule has 0 heterocycles. The van der Waals surface area contributed by atoms with E-state index in [1.165, 1.54) is 0 Å². The summed E-state index contributed by atoms with van der Waals surface area (Å²) in [6, 6.07) is 19.3. The second kappa shape index (κ2) is 7.55. The molecule has 2 rings (SSSR count). The summed E-state index contributed by atoms with van der Waals surface area (Å²) in [4.78, 5) is 5.17. The van der Waals surface area contributed by atoms with Gasteiger partial charge in [-0.2, -0.15) is 5.26 Å². The predicted molar refractivity (Wildman–Crippen MR) is 79.9 cm³/mol. The molecule has 2 aromatic rings. The van der Waals surface area contributed by atoms with Gasteiger partial charge >= 0.3 is 0 Å². The molecule has 98 valence electrons. The molecule has 0 bridgehead atoms. The van der Waals surface area contributed by atoms with E-state index in [-0.39, 0.29) is 0 Å². The largest absolute Gasteiger partial charge is 0.391 e. The first-order valence-corrected chi connectivity index (χ1v) is 6.24. The van der Waals surface area contributed by atoms with Crippen molar-refractivity contribution >= 4 is 12.3 Å². The molecule has 0 aliphatic rings. The number of allylic oxidation sites excluding steroid dienone is 1. The number of nitrogens with zero attached hydrogens (tertiary/aromatic N) is 2. The molecule has 0 saturated heterocycles. The molecular weight excluding hydrogens is 248 g/mol. The fourth-order valence-corrected chi connectivity index (χ4v) is 1.59. The van der Waals surface area contributed by atoms with Crippen LogP contribution in [0.1, 0.15) is 16.7 Å². The summed E-state index contributed by atoms with van der Waals surface area (Å²) in [5, 5.41) is 12.5. The lowest BCUT2D eigenvalue weighted by Gasteiger charge is -1.97. The van der Waals surface area contributed by atoms with E-state index in [0.29, 0.717) is 12.2 Å². The Labute approximate surface area is 118 Å². The van der Waals surface area contributed by atoms with Crippen LogP contribution in [-0.2, 0) is 11.4 Å². The number of nitriles is 1. The smallest absolute Gasteiger partial charge is 0.142 e. The second-order valence-corrected chi connectivity index (χ2v) is 4.11. The van der Waals surface area contributed by atoms with Crippen molar-refractivity contribution in [2.45, 2.75) is 6.61 Å². The van der Waals surface area contributed by atoms with Crippen molar-refractivity contribution < 1.29 is 4.84 Å². The molecule has 0 N–H and O–H groups in total. The minimum atomic E-state index is 0.460. The van der Waals surface area contributed by atoms with Crippen LogP contribution in [0.4, 0.5) is 0 Å². The SMILES string of the molecule is N#Cc1ccc(/C=C/C=N/OCc2ccccc2)cc1. The molecule has 0 amide bonds. The Hall–Kier alpha value is -2.86. The molecule has 0 atom stereocenters. The Bertz CT molecular complexity index is 622. The fraction of sp³-hybridized carbons (Fsp3) is 0.0588. The van der Waals surface area contributed by atoms with Crippen molar-refractivity contribution in [3.05, 3.63) is 77.4 Å². The van der Waals surface area contributed by atoms with Crippen LogP contribution in [0.3, 0.4) is 0 Å². The Morgan fingerprint density at radius 2 is 1.80 bits per heavy atom. The number of oxime groups is 1. The lowest BCUT2D eigenvalue weighted by Crippen LogP contribution is -1.85. The number of hydrogen-bond acceptors (Lipinski definition) is 3.